The summed E-state index contributed by atoms with van der Waals surface area (Å²) in [7, 11) is 0. The number of alkyl halides is 3. The van der Waals surface area contributed by atoms with Crippen LogP contribution in [0.1, 0.15) is 24.3 Å². The van der Waals surface area contributed by atoms with Gasteiger partial charge < -0.3 is 19.7 Å². The summed E-state index contributed by atoms with van der Waals surface area (Å²) in [4.78, 5) is 27.8. The highest BCUT2D eigenvalue weighted by atomic mass is 19.4. The molecule has 8 nitrogen and oxygen atoms in total. The van der Waals surface area contributed by atoms with Gasteiger partial charge in [0.25, 0.3) is 0 Å². The molecule has 2 amide bonds. The lowest BCUT2D eigenvalue weighted by atomic mass is 10.1. The van der Waals surface area contributed by atoms with Gasteiger partial charge in [0.1, 0.15) is 17.1 Å². The van der Waals surface area contributed by atoms with Crippen molar-refractivity contribution in [2.45, 2.75) is 38.0 Å². The van der Waals surface area contributed by atoms with Gasteiger partial charge in [0.2, 0.25) is 17.6 Å². The molecule has 5 rings (SSSR count). The number of hydrogen-bond donors (Lipinski definition) is 2. The number of carbonyl (C=O) groups excluding carboxylic acids is 2. The molecule has 4 aromatic rings. The Labute approximate surface area is 205 Å². The van der Waals surface area contributed by atoms with Crippen LogP contribution in [0.15, 0.2) is 47.0 Å². The molecule has 1 aliphatic rings. The first-order valence-electron chi connectivity index (χ1n) is 11.1. The van der Waals surface area contributed by atoms with E-state index in [2.05, 4.69) is 15.5 Å². The molecule has 1 fully saturated rings. The third-order valence-corrected chi connectivity index (χ3v) is 6.05. The van der Waals surface area contributed by atoms with E-state index in [1.54, 1.807) is 36.5 Å². The van der Waals surface area contributed by atoms with Gasteiger partial charge in [-0.1, -0.05) is 17.3 Å². The Morgan fingerprint density at radius 3 is 2.41 bits per heavy atom. The van der Waals surface area contributed by atoms with Crippen molar-refractivity contribution >= 4 is 22.7 Å². The van der Waals surface area contributed by atoms with Crippen LogP contribution in [0, 0.1) is 18.6 Å². The minimum atomic E-state index is -5.08. The van der Waals surface area contributed by atoms with Gasteiger partial charge in [-0.3, -0.25) is 9.59 Å². The van der Waals surface area contributed by atoms with Gasteiger partial charge in [-0.15, -0.1) is 0 Å². The summed E-state index contributed by atoms with van der Waals surface area (Å²) in [5, 5.41) is 8.11. The predicted octanol–water partition coefficient (Wildman–Crippen LogP) is 4.09. The number of nitrogens with zero attached hydrogens (tertiary/aromatic N) is 3. The zero-order valence-electron chi connectivity index (χ0n) is 19.1. The molecule has 2 aromatic heterocycles. The fourth-order valence-electron chi connectivity index (χ4n) is 4.02. The number of nitrogens with one attached hydrogen (secondary N) is 2. The first-order valence-corrected chi connectivity index (χ1v) is 11.1. The van der Waals surface area contributed by atoms with E-state index in [0.717, 1.165) is 6.07 Å². The number of benzene rings is 2. The summed E-state index contributed by atoms with van der Waals surface area (Å²) in [6, 6.07) is 10.2. The second-order valence-electron chi connectivity index (χ2n) is 8.68. The molecule has 2 N–H and O–H groups in total. The van der Waals surface area contributed by atoms with Gasteiger partial charge in [-0.25, -0.2) is 8.78 Å². The average molecular weight is 519 g/mol. The molecule has 0 spiro atoms. The van der Waals surface area contributed by atoms with Gasteiger partial charge in [-0.05, 0) is 48.7 Å². The maximum Gasteiger partial charge on any atom is 0.471 e. The molecule has 0 unspecified atom stereocenters. The van der Waals surface area contributed by atoms with Crippen LogP contribution in [0.4, 0.5) is 22.0 Å². The standard InChI is InChI=1S/C24H18F5N5O3/c1-12-31-20(33-37-12)19-18(26)16-10-14(25)4-7-17(16)34(19)15-5-2-13(3-6-15)11-30-21(35)23(8-9-23)32-22(36)24(27,28)29/h2-7,10H,8-9,11H2,1H3,(H,30,35)(H,32,36). The van der Waals surface area contributed by atoms with E-state index in [1.165, 1.54) is 16.7 Å². The van der Waals surface area contributed by atoms with E-state index in [0.29, 0.717) is 16.8 Å². The number of rotatable bonds is 6. The zero-order chi connectivity index (χ0) is 26.5. The van der Waals surface area contributed by atoms with Crippen LogP contribution in [0.3, 0.4) is 0 Å². The van der Waals surface area contributed by atoms with Gasteiger partial charge in [0.05, 0.1) is 5.52 Å². The van der Waals surface area contributed by atoms with Gasteiger partial charge >= 0.3 is 12.1 Å². The molecular formula is C24H18F5N5O3. The fourth-order valence-corrected chi connectivity index (χ4v) is 4.02. The maximum absolute atomic E-state index is 15.4. The monoisotopic (exact) mass is 519 g/mol. The lowest BCUT2D eigenvalue weighted by molar-refractivity contribution is -0.175. The highest BCUT2D eigenvalue weighted by Crippen LogP contribution is 2.37. The van der Waals surface area contributed by atoms with Crippen molar-refractivity contribution in [2.75, 3.05) is 0 Å². The maximum atomic E-state index is 15.4. The third kappa shape index (κ3) is 4.52. The molecule has 0 bridgehead atoms. The molecule has 0 atom stereocenters. The second kappa shape index (κ2) is 8.68. The molecule has 192 valence electrons. The highest BCUT2D eigenvalue weighted by Gasteiger charge is 2.54. The molecular weight excluding hydrogens is 501 g/mol. The largest absolute Gasteiger partial charge is 0.471 e. The number of fused-ring (bicyclic) bond motifs is 1. The second-order valence-corrected chi connectivity index (χ2v) is 8.68. The smallest absolute Gasteiger partial charge is 0.350 e. The fraction of sp³-hybridized carbons (Fsp3) is 0.250. The Morgan fingerprint density at radius 1 is 1.11 bits per heavy atom. The summed E-state index contributed by atoms with van der Waals surface area (Å²) < 4.78 is 73.4. The van der Waals surface area contributed by atoms with Crippen molar-refractivity contribution in [1.82, 2.24) is 25.3 Å². The normalized spacial score (nSPS) is 14.5. The minimum absolute atomic E-state index is 0.0180. The summed E-state index contributed by atoms with van der Waals surface area (Å²) in [6.07, 6.45) is -4.88. The molecule has 0 saturated heterocycles. The average Bonchev–Trinajstić information content (AvgIpc) is 3.42. The third-order valence-electron chi connectivity index (χ3n) is 6.05. The number of hydrogen-bond acceptors (Lipinski definition) is 5. The highest BCUT2D eigenvalue weighted by molar-refractivity contribution is 5.95. The molecule has 1 aliphatic carbocycles. The Bertz CT molecular complexity index is 1520. The predicted molar refractivity (Wildman–Crippen MR) is 119 cm³/mol. The van der Waals surface area contributed by atoms with Crippen molar-refractivity contribution in [3.05, 3.63) is 65.6 Å². The van der Waals surface area contributed by atoms with Crippen molar-refractivity contribution < 1.29 is 36.1 Å². The lowest BCUT2D eigenvalue weighted by Gasteiger charge is -2.18. The van der Waals surface area contributed by atoms with Crippen molar-refractivity contribution in [2.24, 2.45) is 0 Å². The number of aryl methyl sites for hydroxylation is 1. The molecule has 2 aromatic carbocycles. The topological polar surface area (TPSA) is 102 Å². The number of carbonyl (C=O) groups is 2. The van der Waals surface area contributed by atoms with Gasteiger partial charge in [-0.2, -0.15) is 18.2 Å². The molecule has 13 heteroatoms. The molecule has 0 radical (unpaired) electrons. The van der Waals surface area contributed by atoms with Gasteiger partial charge in [0, 0.05) is 24.5 Å². The van der Waals surface area contributed by atoms with E-state index >= 15 is 4.39 Å². The van der Waals surface area contributed by atoms with Gasteiger partial charge in [0.15, 0.2) is 5.82 Å². The van der Waals surface area contributed by atoms with E-state index in [4.69, 9.17) is 4.52 Å². The molecule has 37 heavy (non-hydrogen) atoms. The van der Waals surface area contributed by atoms with Crippen LogP contribution < -0.4 is 10.6 Å². The molecule has 0 aliphatic heterocycles. The summed E-state index contributed by atoms with van der Waals surface area (Å²) in [5.74, 6) is -4.05. The number of amides is 2. The Kier molecular flexibility index (Phi) is 5.72. The van der Waals surface area contributed by atoms with E-state index in [1.807, 2.05) is 0 Å². The van der Waals surface area contributed by atoms with Crippen LogP contribution in [0.25, 0.3) is 28.1 Å². The number of aromatic nitrogens is 3. The van der Waals surface area contributed by atoms with Crippen LogP contribution in [0.5, 0.6) is 0 Å². The quantitative estimate of drug-likeness (QED) is 0.374. The first-order chi connectivity index (χ1) is 17.5. The minimum Gasteiger partial charge on any atom is -0.350 e. The SMILES string of the molecule is Cc1nc(-c2c(F)c3cc(F)ccc3n2-c2ccc(CNC(=O)C3(NC(=O)C(F)(F)F)CC3)cc2)no1. The van der Waals surface area contributed by atoms with Crippen LogP contribution in [-0.4, -0.2) is 38.2 Å². The van der Waals surface area contributed by atoms with Crippen molar-refractivity contribution in [1.29, 1.82) is 0 Å². The van der Waals surface area contributed by atoms with E-state index in [-0.39, 0.29) is 42.2 Å². The summed E-state index contributed by atoms with van der Waals surface area (Å²) in [6.45, 7) is 1.52. The molecule has 1 saturated carbocycles. The Balaban J connectivity index is 1.39. The molecule has 2 heterocycles. The Morgan fingerprint density at radius 2 is 1.81 bits per heavy atom. The van der Waals surface area contributed by atoms with Crippen LogP contribution in [-0.2, 0) is 16.1 Å². The summed E-state index contributed by atoms with van der Waals surface area (Å²) in [5.41, 5.74) is -0.178. The van der Waals surface area contributed by atoms with Crippen LogP contribution in [0.2, 0.25) is 0 Å². The first kappa shape index (κ1) is 24.4. The van der Waals surface area contributed by atoms with Crippen LogP contribution >= 0.6 is 0 Å². The van der Waals surface area contributed by atoms with Crippen molar-refractivity contribution in [3.63, 3.8) is 0 Å². The zero-order valence-corrected chi connectivity index (χ0v) is 19.1. The van der Waals surface area contributed by atoms with Crippen molar-refractivity contribution in [3.8, 4) is 17.2 Å². The van der Waals surface area contributed by atoms with E-state index in [9.17, 15) is 27.2 Å². The Hall–Kier alpha value is -4.29. The van der Waals surface area contributed by atoms with E-state index < -0.39 is 35.2 Å². The lowest BCUT2D eigenvalue weighted by Crippen LogP contribution is -2.52. The number of halogens is 5. The summed E-state index contributed by atoms with van der Waals surface area (Å²) >= 11 is 0.